The first kappa shape index (κ1) is 36.3. The minimum Gasteiger partial charge on any atom is -0.481 e. The molecule has 1 aliphatic heterocycles. The largest absolute Gasteiger partial charge is 0.481 e. The van der Waals surface area contributed by atoms with Gasteiger partial charge in [0.2, 0.25) is 29.2 Å². The highest BCUT2D eigenvalue weighted by Crippen LogP contribution is 2.34. The van der Waals surface area contributed by atoms with E-state index in [4.69, 9.17) is 11.5 Å². The minimum atomic E-state index is -5.68. The highest BCUT2D eigenvalue weighted by molar-refractivity contribution is 6.00. The third kappa shape index (κ3) is 10.4. The molecule has 1 saturated heterocycles. The molecule has 1 aromatic carbocycles. The van der Waals surface area contributed by atoms with E-state index in [1.165, 1.54) is 17.4 Å². The first-order valence-corrected chi connectivity index (χ1v) is 13.8. The molecule has 0 radical (unpaired) electrons. The quantitative estimate of drug-likeness (QED) is 0.0878. The average molecular weight is 643 g/mol. The summed E-state index contributed by atoms with van der Waals surface area (Å²) in [7, 11) is 0. The van der Waals surface area contributed by atoms with Crippen molar-refractivity contribution in [2.45, 2.75) is 69.4 Å². The van der Waals surface area contributed by atoms with Crippen LogP contribution in [0.4, 0.5) is 13.2 Å². The summed E-state index contributed by atoms with van der Waals surface area (Å²) in [5.41, 5.74) is 6.95. The highest BCUT2D eigenvalue weighted by Gasteiger charge is 2.63. The maximum absolute atomic E-state index is 14.5. The Kier molecular flexibility index (Phi) is 12.7. The summed E-state index contributed by atoms with van der Waals surface area (Å²) in [4.78, 5) is 81.3. The Bertz CT molecular complexity index is 1290. The molecule has 4 atom stereocenters. The Balaban J connectivity index is 2.63. The van der Waals surface area contributed by atoms with Crippen molar-refractivity contribution in [2.24, 2.45) is 22.4 Å². The van der Waals surface area contributed by atoms with E-state index in [0.29, 0.717) is 5.56 Å². The van der Waals surface area contributed by atoms with Crippen molar-refractivity contribution in [2.75, 3.05) is 13.1 Å². The first-order valence-electron chi connectivity index (χ1n) is 13.8. The zero-order chi connectivity index (χ0) is 33.9. The van der Waals surface area contributed by atoms with E-state index in [9.17, 15) is 47.0 Å². The highest BCUT2D eigenvalue weighted by atomic mass is 19.4. The topological polar surface area (TPSA) is 247 Å². The summed E-state index contributed by atoms with van der Waals surface area (Å²) < 4.78 is 43.6. The lowest BCUT2D eigenvalue weighted by molar-refractivity contribution is -0.206. The number of carbonyl (C=O) groups excluding carboxylic acids is 5. The molecule has 0 spiro atoms. The van der Waals surface area contributed by atoms with Crippen molar-refractivity contribution in [3.8, 4) is 0 Å². The molecule has 1 aliphatic rings. The van der Waals surface area contributed by atoms with Crippen LogP contribution in [-0.2, 0) is 35.2 Å². The van der Waals surface area contributed by atoms with Gasteiger partial charge in [-0.15, -0.1) is 0 Å². The lowest BCUT2D eigenvalue weighted by atomic mass is 9.91. The van der Waals surface area contributed by atoms with Gasteiger partial charge in [0.15, 0.2) is 5.96 Å². The van der Waals surface area contributed by atoms with Crippen molar-refractivity contribution in [3.05, 3.63) is 35.9 Å². The summed E-state index contributed by atoms with van der Waals surface area (Å²) in [5, 5.41) is 19.7. The van der Waals surface area contributed by atoms with Gasteiger partial charge in [-0.1, -0.05) is 44.2 Å². The molecule has 0 bridgehead atoms. The van der Waals surface area contributed by atoms with E-state index in [1.807, 2.05) is 5.32 Å². The second-order valence-electron chi connectivity index (χ2n) is 10.7. The van der Waals surface area contributed by atoms with Crippen LogP contribution in [0.3, 0.4) is 0 Å². The van der Waals surface area contributed by atoms with Crippen molar-refractivity contribution in [1.82, 2.24) is 26.6 Å². The molecule has 1 aromatic rings. The van der Waals surface area contributed by atoms with Gasteiger partial charge in [-0.3, -0.25) is 33.8 Å². The molecule has 0 unspecified atom stereocenters. The van der Waals surface area contributed by atoms with Crippen LogP contribution in [-0.4, -0.2) is 89.5 Å². The number of carboxylic acid groups (broad SMARTS) is 1. The van der Waals surface area contributed by atoms with E-state index >= 15 is 0 Å². The third-order valence-electron chi connectivity index (χ3n) is 6.79. The Labute approximate surface area is 256 Å². The standard InChI is InChI=1S/C27H37F3N8O7/c1-14(2)20-23(44)35-16(9-6-10-33-25(31)32)21(42)34-13-18(39)38-26(12-19(40)41,27(28,29)30)24(45)36-17(22(43)37-20)11-15-7-4-3-5-8-15/h3-5,7-8,14,16-17,20H,6,9-13H2,1-2H3,(H,34,42)(H,35,44)(H,36,45)(H,37,43)(H,38,39)(H,40,41)(H4,31,32,33)/t16-,17+,20-,26-/m0/s1. The lowest BCUT2D eigenvalue weighted by Crippen LogP contribution is -2.70. The zero-order valence-electron chi connectivity index (χ0n) is 24.6. The first-order chi connectivity index (χ1) is 21.0. The molecular formula is C27H37F3N8O7. The number of carboxylic acids is 1. The number of hydrogen-bond acceptors (Lipinski definition) is 7. The number of nitrogens with one attached hydrogen (secondary N) is 5. The van der Waals surface area contributed by atoms with Gasteiger partial charge < -0.3 is 43.2 Å². The molecule has 0 aliphatic carbocycles. The summed E-state index contributed by atoms with van der Waals surface area (Å²) >= 11 is 0. The summed E-state index contributed by atoms with van der Waals surface area (Å²) in [6.45, 7) is 2.04. The number of carbonyl (C=O) groups is 6. The molecular weight excluding hydrogens is 605 g/mol. The van der Waals surface area contributed by atoms with Crippen molar-refractivity contribution >= 4 is 41.5 Å². The maximum atomic E-state index is 14.5. The molecule has 248 valence electrons. The number of amides is 5. The maximum Gasteiger partial charge on any atom is 0.421 e. The van der Waals surface area contributed by atoms with Gasteiger partial charge in [0.1, 0.15) is 18.1 Å². The second kappa shape index (κ2) is 15.7. The number of aliphatic carboxylic acids is 1. The zero-order valence-corrected chi connectivity index (χ0v) is 24.6. The number of hydrogen-bond donors (Lipinski definition) is 8. The van der Waals surface area contributed by atoms with Gasteiger partial charge in [-0.05, 0) is 24.3 Å². The Morgan fingerprint density at radius 1 is 1.00 bits per heavy atom. The molecule has 45 heavy (non-hydrogen) atoms. The smallest absolute Gasteiger partial charge is 0.421 e. The summed E-state index contributed by atoms with van der Waals surface area (Å²) in [5.74, 6) is -9.45. The predicted octanol–water partition coefficient (Wildman–Crippen LogP) is -1.59. The molecule has 2 rings (SSSR count). The number of nitrogens with two attached hydrogens (primary N) is 2. The molecule has 15 nitrogen and oxygen atoms in total. The van der Waals surface area contributed by atoms with Gasteiger partial charge in [0, 0.05) is 13.0 Å². The van der Waals surface area contributed by atoms with Gasteiger partial charge in [-0.2, -0.15) is 13.2 Å². The normalized spacial score (nSPS) is 23.8. The second-order valence-corrected chi connectivity index (χ2v) is 10.7. The van der Waals surface area contributed by atoms with E-state index in [-0.39, 0.29) is 31.8 Å². The lowest BCUT2D eigenvalue weighted by Gasteiger charge is -2.35. The number of guanidine groups is 1. The van der Waals surface area contributed by atoms with Crippen LogP contribution < -0.4 is 38.1 Å². The minimum absolute atomic E-state index is 0.0467. The van der Waals surface area contributed by atoms with Crippen LogP contribution in [0.5, 0.6) is 0 Å². The fourth-order valence-electron chi connectivity index (χ4n) is 4.44. The third-order valence-corrected chi connectivity index (χ3v) is 6.79. The van der Waals surface area contributed by atoms with Crippen LogP contribution in [0.15, 0.2) is 35.3 Å². The summed E-state index contributed by atoms with van der Waals surface area (Å²) in [6.07, 6.45) is -7.93. The Hall–Kier alpha value is -4.90. The van der Waals surface area contributed by atoms with Crippen LogP contribution in [0.2, 0.25) is 0 Å². The van der Waals surface area contributed by atoms with E-state index in [0.717, 1.165) is 0 Å². The molecule has 1 fully saturated rings. The van der Waals surface area contributed by atoms with Gasteiger partial charge >= 0.3 is 12.1 Å². The predicted molar refractivity (Wildman–Crippen MR) is 153 cm³/mol. The van der Waals surface area contributed by atoms with Crippen molar-refractivity contribution in [3.63, 3.8) is 0 Å². The molecule has 18 heteroatoms. The number of nitrogens with zero attached hydrogens (tertiary/aromatic N) is 1. The average Bonchev–Trinajstić information content (AvgIpc) is 2.94. The fraction of sp³-hybridized carbons (Fsp3) is 0.519. The van der Waals surface area contributed by atoms with Crippen LogP contribution in [0.1, 0.15) is 38.7 Å². The fourth-order valence-corrected chi connectivity index (χ4v) is 4.44. The van der Waals surface area contributed by atoms with Crippen LogP contribution in [0.25, 0.3) is 0 Å². The van der Waals surface area contributed by atoms with E-state index in [2.05, 4.69) is 20.9 Å². The van der Waals surface area contributed by atoms with Gasteiger partial charge in [0.25, 0.3) is 5.91 Å². The molecule has 5 amide bonds. The monoisotopic (exact) mass is 642 g/mol. The number of aliphatic imine (C=N–C) groups is 1. The number of halogens is 3. The van der Waals surface area contributed by atoms with Gasteiger partial charge in [0.05, 0.1) is 13.0 Å². The van der Waals surface area contributed by atoms with Crippen LogP contribution >= 0.6 is 0 Å². The van der Waals surface area contributed by atoms with E-state index in [1.54, 1.807) is 32.0 Å². The molecule has 10 N–H and O–H groups in total. The van der Waals surface area contributed by atoms with E-state index < -0.39 is 84.2 Å². The van der Waals surface area contributed by atoms with Crippen molar-refractivity contribution in [1.29, 1.82) is 0 Å². The molecule has 0 aromatic heterocycles. The number of alkyl halides is 3. The van der Waals surface area contributed by atoms with Crippen molar-refractivity contribution < 1.29 is 47.0 Å². The van der Waals surface area contributed by atoms with Gasteiger partial charge in [-0.25, -0.2) is 0 Å². The number of benzene rings is 1. The molecule has 0 saturated carbocycles. The Morgan fingerprint density at radius 2 is 1.64 bits per heavy atom. The summed E-state index contributed by atoms with van der Waals surface area (Å²) in [6, 6.07) is 3.40. The molecule has 1 heterocycles. The van der Waals surface area contributed by atoms with Crippen LogP contribution in [0, 0.1) is 5.92 Å². The Morgan fingerprint density at radius 3 is 2.20 bits per heavy atom. The number of rotatable bonds is 9. The SMILES string of the molecule is CC(C)[C@@H]1NC(=O)[C@@H](Cc2ccccc2)NC(=O)[C@@](CC(=O)O)(C(F)(F)F)NC(=O)CNC(=O)[C@H](CCCN=C(N)N)NC1=O.